The highest BCUT2D eigenvalue weighted by Gasteiger charge is 2.19. The fraction of sp³-hybridized carbons (Fsp3) is 0.381. The van der Waals surface area contributed by atoms with Crippen molar-refractivity contribution in [1.82, 2.24) is 5.32 Å². The first kappa shape index (κ1) is 20.1. The average molecular weight is 402 g/mol. The Morgan fingerprint density at radius 3 is 2.64 bits per heavy atom. The zero-order valence-corrected chi connectivity index (χ0v) is 16.8. The SMILES string of the molecule is C[C@@H]1CCCN(c2ccc([C@@H](C)NC(=O)c3ccc(Cl)c([N+](=O)[O-])c3)cc2)C1. The number of hydrogen-bond donors (Lipinski definition) is 1. The number of hydrogen-bond acceptors (Lipinski definition) is 4. The number of nitrogens with zero attached hydrogens (tertiary/aromatic N) is 2. The first-order chi connectivity index (χ1) is 13.3. The normalized spacial score (nSPS) is 17.8. The van der Waals surface area contributed by atoms with Crippen molar-refractivity contribution in [2.45, 2.75) is 32.7 Å². The van der Waals surface area contributed by atoms with Gasteiger partial charge in [-0.1, -0.05) is 30.7 Å². The Morgan fingerprint density at radius 1 is 1.29 bits per heavy atom. The van der Waals surface area contributed by atoms with Gasteiger partial charge in [-0.25, -0.2) is 0 Å². The Bertz CT molecular complexity index is 870. The maximum absolute atomic E-state index is 12.5. The minimum Gasteiger partial charge on any atom is -0.371 e. The predicted octanol–water partition coefficient (Wildman–Crippen LogP) is 4.98. The van der Waals surface area contributed by atoms with Crippen molar-refractivity contribution in [3.63, 3.8) is 0 Å². The summed E-state index contributed by atoms with van der Waals surface area (Å²) in [7, 11) is 0. The zero-order chi connectivity index (χ0) is 20.3. The summed E-state index contributed by atoms with van der Waals surface area (Å²) in [6.45, 7) is 6.31. The number of nitro benzene ring substituents is 1. The second-order valence-electron chi connectivity index (χ2n) is 7.40. The second-order valence-corrected chi connectivity index (χ2v) is 7.81. The van der Waals surface area contributed by atoms with Gasteiger partial charge < -0.3 is 10.2 Å². The number of benzene rings is 2. The van der Waals surface area contributed by atoms with Crippen LogP contribution in [0.4, 0.5) is 11.4 Å². The van der Waals surface area contributed by atoms with E-state index in [4.69, 9.17) is 11.6 Å². The van der Waals surface area contributed by atoms with E-state index in [-0.39, 0.29) is 28.2 Å². The lowest BCUT2D eigenvalue weighted by molar-refractivity contribution is -0.384. The predicted molar refractivity (Wildman–Crippen MR) is 111 cm³/mol. The average Bonchev–Trinajstić information content (AvgIpc) is 2.68. The molecule has 0 aromatic heterocycles. The lowest BCUT2D eigenvalue weighted by Crippen LogP contribution is -2.34. The number of anilines is 1. The van der Waals surface area contributed by atoms with Gasteiger partial charge in [-0.3, -0.25) is 14.9 Å². The molecule has 2 aromatic carbocycles. The Labute approximate surface area is 169 Å². The minimum absolute atomic E-state index is 0.0113. The third-order valence-corrected chi connectivity index (χ3v) is 5.49. The number of rotatable bonds is 5. The summed E-state index contributed by atoms with van der Waals surface area (Å²) in [4.78, 5) is 25.3. The number of piperidine rings is 1. The van der Waals surface area contributed by atoms with Crippen LogP contribution < -0.4 is 10.2 Å². The van der Waals surface area contributed by atoms with Crippen LogP contribution in [0.25, 0.3) is 0 Å². The van der Waals surface area contributed by atoms with Gasteiger partial charge in [0.2, 0.25) is 0 Å². The van der Waals surface area contributed by atoms with Gasteiger partial charge in [0.05, 0.1) is 11.0 Å². The van der Waals surface area contributed by atoms with Gasteiger partial charge in [0.15, 0.2) is 0 Å². The molecule has 0 spiro atoms. The Balaban J connectivity index is 1.67. The molecular weight excluding hydrogens is 378 g/mol. The quantitative estimate of drug-likeness (QED) is 0.566. The molecular formula is C21H24ClN3O3. The molecule has 1 heterocycles. The maximum Gasteiger partial charge on any atom is 0.288 e. The van der Waals surface area contributed by atoms with Crippen LogP contribution in [-0.4, -0.2) is 23.9 Å². The molecule has 2 atom stereocenters. The lowest BCUT2D eigenvalue weighted by Gasteiger charge is -2.33. The van der Waals surface area contributed by atoms with Crippen molar-refractivity contribution < 1.29 is 9.72 Å². The van der Waals surface area contributed by atoms with Crippen LogP contribution in [0.2, 0.25) is 5.02 Å². The minimum atomic E-state index is -0.595. The third kappa shape index (κ3) is 4.62. The number of amides is 1. The van der Waals surface area contributed by atoms with Crippen molar-refractivity contribution in [2.75, 3.05) is 18.0 Å². The van der Waals surface area contributed by atoms with Crippen LogP contribution in [0.15, 0.2) is 42.5 Å². The smallest absolute Gasteiger partial charge is 0.288 e. The highest BCUT2D eigenvalue weighted by molar-refractivity contribution is 6.32. The van der Waals surface area contributed by atoms with Crippen LogP contribution >= 0.6 is 11.6 Å². The van der Waals surface area contributed by atoms with E-state index >= 15 is 0 Å². The number of carbonyl (C=O) groups is 1. The molecule has 0 radical (unpaired) electrons. The molecule has 0 bridgehead atoms. The van der Waals surface area contributed by atoms with Crippen LogP contribution in [0.3, 0.4) is 0 Å². The number of halogens is 1. The van der Waals surface area contributed by atoms with E-state index < -0.39 is 4.92 Å². The highest BCUT2D eigenvalue weighted by atomic mass is 35.5. The van der Waals surface area contributed by atoms with Crippen molar-refractivity contribution in [3.8, 4) is 0 Å². The summed E-state index contributed by atoms with van der Waals surface area (Å²) >= 11 is 5.81. The van der Waals surface area contributed by atoms with Gasteiger partial charge >= 0.3 is 0 Å². The molecule has 2 aromatic rings. The van der Waals surface area contributed by atoms with Crippen molar-refractivity contribution in [2.24, 2.45) is 5.92 Å². The summed E-state index contributed by atoms with van der Waals surface area (Å²) in [5.74, 6) is 0.330. The molecule has 1 N–H and O–H groups in total. The van der Waals surface area contributed by atoms with E-state index in [0.29, 0.717) is 5.92 Å². The molecule has 28 heavy (non-hydrogen) atoms. The number of carbonyl (C=O) groups excluding carboxylic acids is 1. The summed E-state index contributed by atoms with van der Waals surface area (Å²) in [6.07, 6.45) is 2.49. The van der Waals surface area contributed by atoms with Crippen molar-refractivity contribution in [3.05, 3.63) is 68.7 Å². The third-order valence-electron chi connectivity index (χ3n) is 5.17. The lowest BCUT2D eigenvalue weighted by atomic mass is 9.99. The molecule has 148 valence electrons. The van der Waals surface area contributed by atoms with Gasteiger partial charge in [0, 0.05) is 30.4 Å². The summed E-state index contributed by atoms with van der Waals surface area (Å²) < 4.78 is 0. The number of nitro groups is 1. The van der Waals surface area contributed by atoms with E-state index in [2.05, 4.69) is 29.3 Å². The fourth-order valence-corrected chi connectivity index (χ4v) is 3.74. The molecule has 1 aliphatic rings. The first-order valence-electron chi connectivity index (χ1n) is 9.45. The maximum atomic E-state index is 12.5. The van der Waals surface area contributed by atoms with Crippen LogP contribution in [-0.2, 0) is 0 Å². The summed E-state index contributed by atoms with van der Waals surface area (Å²) in [5.41, 5.74) is 2.11. The van der Waals surface area contributed by atoms with Gasteiger partial charge in [-0.2, -0.15) is 0 Å². The highest BCUT2D eigenvalue weighted by Crippen LogP contribution is 2.26. The van der Waals surface area contributed by atoms with Crippen molar-refractivity contribution in [1.29, 1.82) is 0 Å². The summed E-state index contributed by atoms with van der Waals surface area (Å²) in [5, 5.41) is 13.9. The first-order valence-corrected chi connectivity index (χ1v) is 9.82. The van der Waals surface area contributed by atoms with E-state index in [1.807, 2.05) is 19.1 Å². The second kappa shape index (κ2) is 8.61. The van der Waals surface area contributed by atoms with Crippen LogP contribution in [0, 0.1) is 16.0 Å². The largest absolute Gasteiger partial charge is 0.371 e. The molecule has 1 aliphatic heterocycles. The van der Waals surface area contributed by atoms with Crippen LogP contribution in [0.1, 0.15) is 48.7 Å². The molecule has 1 fully saturated rings. The molecule has 3 rings (SSSR count). The molecule has 0 aliphatic carbocycles. The molecule has 0 saturated carbocycles. The van der Waals surface area contributed by atoms with Crippen LogP contribution in [0.5, 0.6) is 0 Å². The molecule has 1 amide bonds. The Kier molecular flexibility index (Phi) is 6.19. The molecule has 0 unspecified atom stereocenters. The zero-order valence-electron chi connectivity index (χ0n) is 16.0. The van der Waals surface area contributed by atoms with Gasteiger partial charge in [0.25, 0.3) is 11.6 Å². The Morgan fingerprint density at radius 2 is 2.00 bits per heavy atom. The molecule has 7 heteroatoms. The van der Waals surface area contributed by atoms with E-state index in [9.17, 15) is 14.9 Å². The monoisotopic (exact) mass is 401 g/mol. The summed E-state index contributed by atoms with van der Waals surface area (Å²) in [6, 6.07) is 12.0. The van der Waals surface area contributed by atoms with E-state index in [1.54, 1.807) is 0 Å². The number of nitrogens with one attached hydrogen (secondary N) is 1. The Hall–Kier alpha value is -2.60. The molecule has 1 saturated heterocycles. The van der Waals surface area contributed by atoms with E-state index in [1.165, 1.54) is 36.7 Å². The van der Waals surface area contributed by atoms with Gasteiger partial charge in [-0.15, -0.1) is 0 Å². The fourth-order valence-electron chi connectivity index (χ4n) is 3.55. The van der Waals surface area contributed by atoms with Crippen molar-refractivity contribution >= 4 is 28.9 Å². The van der Waals surface area contributed by atoms with Gasteiger partial charge in [-0.05, 0) is 55.5 Å². The molecule has 6 nitrogen and oxygen atoms in total. The van der Waals surface area contributed by atoms with E-state index in [0.717, 1.165) is 18.7 Å². The van der Waals surface area contributed by atoms with Gasteiger partial charge in [0.1, 0.15) is 5.02 Å². The standard InChI is InChI=1S/C21H24ClN3O3/c1-14-4-3-11-24(13-14)18-8-5-16(6-9-18)15(2)23-21(26)17-7-10-19(22)20(12-17)25(27)28/h5-10,12,14-15H,3-4,11,13H2,1-2H3,(H,23,26)/t14-,15-/m1/s1. The topological polar surface area (TPSA) is 75.5 Å².